The maximum absolute atomic E-state index is 12.1. The minimum atomic E-state index is -3.66. The third-order valence-electron chi connectivity index (χ3n) is 2.23. The summed E-state index contributed by atoms with van der Waals surface area (Å²) >= 11 is 3.18. The predicted molar refractivity (Wildman–Crippen MR) is 70.7 cm³/mol. The van der Waals surface area contributed by atoms with E-state index in [1.54, 1.807) is 18.3 Å². The molecule has 0 spiro atoms. The van der Waals surface area contributed by atoms with Gasteiger partial charge in [0.05, 0.1) is 11.9 Å². The molecule has 6 nitrogen and oxygen atoms in total. The Balaban J connectivity index is 2.30. The second-order valence-electron chi connectivity index (χ2n) is 3.49. The van der Waals surface area contributed by atoms with Crippen LogP contribution in [0.5, 0.6) is 0 Å². The molecule has 0 saturated carbocycles. The quantitative estimate of drug-likeness (QED) is 0.838. The second-order valence-corrected chi connectivity index (χ2v) is 5.90. The highest BCUT2D eigenvalue weighted by Crippen LogP contribution is 2.21. The van der Waals surface area contributed by atoms with Crippen LogP contribution in [-0.4, -0.2) is 23.4 Å². The van der Waals surface area contributed by atoms with Crippen molar-refractivity contribution in [3.8, 4) is 0 Å². The number of pyridine rings is 1. The first-order chi connectivity index (χ1) is 8.53. The lowest BCUT2D eigenvalue weighted by Crippen LogP contribution is -2.14. The van der Waals surface area contributed by atoms with E-state index in [0.717, 1.165) is 0 Å². The number of aromatic amines is 1. The van der Waals surface area contributed by atoms with Crippen LogP contribution < -0.4 is 4.72 Å². The van der Waals surface area contributed by atoms with Crippen LogP contribution in [0.4, 0.5) is 5.69 Å². The minimum Gasteiger partial charge on any atom is -0.332 e. The predicted octanol–water partition coefficient (Wildman–Crippen LogP) is 1.93. The van der Waals surface area contributed by atoms with Crippen molar-refractivity contribution in [2.45, 2.75) is 18.4 Å². The average Bonchev–Trinajstić information content (AvgIpc) is 2.81. The van der Waals surface area contributed by atoms with Crippen molar-refractivity contribution in [3.05, 3.63) is 35.0 Å². The molecule has 0 radical (unpaired) electrons. The van der Waals surface area contributed by atoms with Crippen LogP contribution in [-0.2, 0) is 16.4 Å². The van der Waals surface area contributed by atoms with Gasteiger partial charge < -0.3 is 4.98 Å². The molecule has 0 aliphatic heterocycles. The number of H-pyrrole nitrogens is 1. The van der Waals surface area contributed by atoms with Crippen LogP contribution in [0.2, 0.25) is 0 Å². The lowest BCUT2D eigenvalue weighted by atomic mass is 10.4. The first-order valence-electron chi connectivity index (χ1n) is 5.20. The Kier molecular flexibility index (Phi) is 3.67. The Morgan fingerprint density at radius 1 is 1.44 bits per heavy atom. The molecule has 0 aliphatic rings. The molecule has 0 aliphatic carbocycles. The van der Waals surface area contributed by atoms with Gasteiger partial charge in [0.2, 0.25) is 0 Å². The molecule has 0 unspecified atom stereocenters. The van der Waals surface area contributed by atoms with Crippen LogP contribution in [0.3, 0.4) is 0 Å². The van der Waals surface area contributed by atoms with Crippen LogP contribution in [0.1, 0.15) is 12.7 Å². The number of nitrogens with one attached hydrogen (secondary N) is 2. The van der Waals surface area contributed by atoms with Crippen LogP contribution in [0.25, 0.3) is 0 Å². The Labute approximate surface area is 113 Å². The minimum absolute atomic E-state index is 0.0371. The molecule has 0 amide bonds. The SMILES string of the molecule is CCc1ncc(S(=O)(=O)Nc2cccnc2Br)[nH]1. The van der Waals surface area contributed by atoms with Gasteiger partial charge in [-0.25, -0.2) is 9.97 Å². The number of anilines is 1. The van der Waals surface area contributed by atoms with E-state index in [0.29, 0.717) is 22.5 Å². The van der Waals surface area contributed by atoms with Crippen molar-refractivity contribution in [1.82, 2.24) is 15.0 Å². The normalized spacial score (nSPS) is 11.4. The van der Waals surface area contributed by atoms with Crippen molar-refractivity contribution in [2.24, 2.45) is 0 Å². The van der Waals surface area contributed by atoms with E-state index < -0.39 is 10.0 Å². The standard InChI is InChI=1S/C10H11BrN4O2S/c1-2-8-13-6-9(14-8)18(16,17)15-7-4-3-5-12-10(7)11/h3-6,15H,2H2,1H3,(H,13,14). The van der Waals surface area contributed by atoms with Crippen LogP contribution in [0.15, 0.2) is 34.2 Å². The highest BCUT2D eigenvalue weighted by atomic mass is 79.9. The lowest BCUT2D eigenvalue weighted by Gasteiger charge is -2.06. The van der Waals surface area contributed by atoms with Crippen molar-refractivity contribution < 1.29 is 8.42 Å². The fourth-order valence-corrected chi connectivity index (χ4v) is 2.81. The van der Waals surface area contributed by atoms with Gasteiger partial charge in [0.15, 0.2) is 5.03 Å². The number of imidazole rings is 1. The number of hydrogen-bond donors (Lipinski definition) is 2. The summed E-state index contributed by atoms with van der Waals surface area (Å²) in [7, 11) is -3.66. The van der Waals surface area contributed by atoms with Gasteiger partial charge in [-0.2, -0.15) is 8.42 Å². The fourth-order valence-electron chi connectivity index (χ4n) is 1.32. The Morgan fingerprint density at radius 3 is 2.83 bits per heavy atom. The summed E-state index contributed by atoms with van der Waals surface area (Å²) in [6.45, 7) is 1.89. The van der Waals surface area contributed by atoms with E-state index in [1.807, 2.05) is 6.92 Å². The first kappa shape index (κ1) is 13.0. The Morgan fingerprint density at radius 2 is 2.22 bits per heavy atom. The molecule has 2 rings (SSSR count). The maximum atomic E-state index is 12.1. The number of sulfonamides is 1. The van der Waals surface area contributed by atoms with Gasteiger partial charge in [0.1, 0.15) is 10.4 Å². The third kappa shape index (κ3) is 2.70. The molecule has 2 N–H and O–H groups in total. The summed E-state index contributed by atoms with van der Waals surface area (Å²) in [5, 5.41) is 0.0371. The number of aryl methyl sites for hydroxylation is 1. The summed E-state index contributed by atoms with van der Waals surface area (Å²) < 4.78 is 27.0. The molecular formula is C10H11BrN4O2S. The number of halogens is 1. The Bertz CT molecular complexity index is 653. The van der Waals surface area contributed by atoms with Gasteiger partial charge in [-0.15, -0.1) is 0 Å². The summed E-state index contributed by atoms with van der Waals surface area (Å²) in [5.41, 5.74) is 0.380. The zero-order valence-electron chi connectivity index (χ0n) is 9.51. The van der Waals surface area contributed by atoms with Crippen molar-refractivity contribution in [1.29, 1.82) is 0 Å². The molecule has 0 atom stereocenters. The van der Waals surface area contributed by atoms with E-state index in [1.165, 1.54) is 6.20 Å². The van der Waals surface area contributed by atoms with Crippen LogP contribution >= 0.6 is 15.9 Å². The third-order valence-corrected chi connectivity index (χ3v) is 4.14. The zero-order valence-corrected chi connectivity index (χ0v) is 11.9. The van der Waals surface area contributed by atoms with Crippen LogP contribution in [0, 0.1) is 0 Å². The zero-order chi connectivity index (χ0) is 13.2. The molecule has 18 heavy (non-hydrogen) atoms. The number of nitrogens with zero attached hydrogens (tertiary/aromatic N) is 2. The molecule has 0 bridgehead atoms. The van der Waals surface area contributed by atoms with Gasteiger partial charge in [-0.3, -0.25) is 4.72 Å². The number of rotatable bonds is 4. The number of aromatic nitrogens is 3. The molecule has 0 fully saturated rings. The average molecular weight is 331 g/mol. The molecule has 2 aromatic rings. The highest BCUT2D eigenvalue weighted by Gasteiger charge is 2.18. The Hall–Kier alpha value is -1.41. The van der Waals surface area contributed by atoms with E-state index in [2.05, 4.69) is 35.6 Å². The van der Waals surface area contributed by atoms with Gasteiger partial charge in [-0.1, -0.05) is 6.92 Å². The monoisotopic (exact) mass is 330 g/mol. The lowest BCUT2D eigenvalue weighted by molar-refractivity contribution is 0.598. The van der Waals surface area contributed by atoms with E-state index >= 15 is 0 Å². The summed E-state index contributed by atoms with van der Waals surface area (Å²) in [5.74, 6) is 0.626. The molecule has 2 heterocycles. The molecule has 96 valence electrons. The number of hydrogen-bond acceptors (Lipinski definition) is 4. The van der Waals surface area contributed by atoms with Gasteiger partial charge in [0, 0.05) is 12.6 Å². The summed E-state index contributed by atoms with van der Waals surface area (Å²) in [4.78, 5) is 10.7. The van der Waals surface area contributed by atoms with Gasteiger partial charge in [-0.05, 0) is 28.1 Å². The smallest absolute Gasteiger partial charge is 0.279 e. The summed E-state index contributed by atoms with van der Waals surface area (Å²) in [6.07, 6.45) is 3.50. The second kappa shape index (κ2) is 5.07. The fraction of sp³-hybridized carbons (Fsp3) is 0.200. The van der Waals surface area contributed by atoms with Crippen molar-refractivity contribution in [3.63, 3.8) is 0 Å². The van der Waals surface area contributed by atoms with Gasteiger partial charge in [0.25, 0.3) is 10.0 Å². The molecule has 0 saturated heterocycles. The maximum Gasteiger partial charge on any atom is 0.279 e. The molecule has 0 aromatic carbocycles. The largest absolute Gasteiger partial charge is 0.332 e. The van der Waals surface area contributed by atoms with E-state index in [4.69, 9.17) is 0 Å². The summed E-state index contributed by atoms with van der Waals surface area (Å²) in [6, 6.07) is 3.26. The van der Waals surface area contributed by atoms with Gasteiger partial charge >= 0.3 is 0 Å². The van der Waals surface area contributed by atoms with Crippen molar-refractivity contribution >= 4 is 31.6 Å². The molecule has 8 heteroatoms. The first-order valence-corrected chi connectivity index (χ1v) is 7.48. The van der Waals surface area contributed by atoms with E-state index in [-0.39, 0.29) is 5.03 Å². The van der Waals surface area contributed by atoms with Crippen molar-refractivity contribution in [2.75, 3.05) is 4.72 Å². The van der Waals surface area contributed by atoms with E-state index in [9.17, 15) is 8.42 Å². The topological polar surface area (TPSA) is 87.7 Å². The molecular weight excluding hydrogens is 320 g/mol. The highest BCUT2D eigenvalue weighted by molar-refractivity contribution is 9.10. The molecule has 2 aromatic heterocycles.